The zero-order valence-electron chi connectivity index (χ0n) is 8.25. The number of amides is 1. The second kappa shape index (κ2) is 2.97. The molecule has 78 valence electrons. The minimum atomic E-state index is -0.446. The lowest BCUT2D eigenvalue weighted by atomic mass is 9.90. The van der Waals surface area contributed by atoms with E-state index in [4.69, 9.17) is 4.74 Å². The summed E-state index contributed by atoms with van der Waals surface area (Å²) in [4.78, 5) is 11.4. The van der Waals surface area contributed by atoms with Crippen molar-refractivity contribution in [2.24, 2.45) is 0 Å². The van der Waals surface area contributed by atoms with Crippen LogP contribution in [0.2, 0.25) is 0 Å². The van der Waals surface area contributed by atoms with Crippen LogP contribution in [0.5, 0.6) is 0 Å². The fourth-order valence-corrected chi connectivity index (χ4v) is 2.34. The van der Waals surface area contributed by atoms with E-state index in [2.05, 4.69) is 10.6 Å². The Morgan fingerprint density at radius 1 is 1.33 bits per heavy atom. The maximum atomic E-state index is 11.4. The number of carbonyl (C=O) groups is 1. The average Bonchev–Trinajstić information content (AvgIpc) is 2.67. The third-order valence-corrected chi connectivity index (χ3v) is 3.06. The maximum Gasteiger partial charge on any atom is 0.412 e. The molecule has 3 rings (SSSR count). The summed E-state index contributed by atoms with van der Waals surface area (Å²) in [5.74, 6) is 0. The number of fused-ring (bicyclic) bond motifs is 2. The van der Waals surface area contributed by atoms with Gasteiger partial charge in [-0.1, -0.05) is 18.2 Å². The number of hydrogen-bond donors (Lipinski definition) is 2. The Labute approximate surface area is 87.6 Å². The molecule has 1 unspecified atom stereocenters. The Morgan fingerprint density at radius 2 is 2.20 bits per heavy atom. The highest BCUT2D eigenvalue weighted by Crippen LogP contribution is 2.39. The van der Waals surface area contributed by atoms with Crippen molar-refractivity contribution in [2.45, 2.75) is 12.0 Å². The van der Waals surface area contributed by atoms with Gasteiger partial charge in [-0.3, -0.25) is 5.32 Å². The molecule has 1 aromatic rings. The Hall–Kier alpha value is -1.55. The Kier molecular flexibility index (Phi) is 1.73. The zero-order chi connectivity index (χ0) is 10.3. The van der Waals surface area contributed by atoms with Crippen molar-refractivity contribution in [3.05, 3.63) is 29.8 Å². The van der Waals surface area contributed by atoms with E-state index >= 15 is 0 Å². The normalized spacial score (nSPS) is 28.4. The van der Waals surface area contributed by atoms with E-state index in [1.165, 1.54) is 0 Å². The fraction of sp³-hybridized carbons (Fsp3) is 0.364. The van der Waals surface area contributed by atoms with Crippen LogP contribution in [-0.4, -0.2) is 19.2 Å². The smallest absolute Gasteiger partial charge is 0.412 e. The van der Waals surface area contributed by atoms with Gasteiger partial charge >= 0.3 is 6.09 Å². The van der Waals surface area contributed by atoms with Crippen molar-refractivity contribution >= 4 is 11.8 Å². The van der Waals surface area contributed by atoms with E-state index in [0.717, 1.165) is 24.2 Å². The Bertz CT molecular complexity index is 411. The molecule has 2 aliphatic rings. The van der Waals surface area contributed by atoms with E-state index in [0.29, 0.717) is 6.54 Å². The number of carbonyl (C=O) groups excluding carboxylic acids is 1. The summed E-state index contributed by atoms with van der Waals surface area (Å²) in [6.07, 6.45) is 0.495. The lowest BCUT2D eigenvalue weighted by Gasteiger charge is -2.34. The summed E-state index contributed by atoms with van der Waals surface area (Å²) in [5.41, 5.74) is 1.51. The maximum absolute atomic E-state index is 11.4. The van der Waals surface area contributed by atoms with Gasteiger partial charge in [0.05, 0.1) is 5.69 Å². The molecule has 0 aliphatic carbocycles. The van der Waals surface area contributed by atoms with Gasteiger partial charge in [-0.25, -0.2) is 4.79 Å². The number of ether oxygens (including phenoxy) is 1. The molecule has 2 heterocycles. The van der Waals surface area contributed by atoms with Crippen LogP contribution >= 0.6 is 0 Å². The quantitative estimate of drug-likeness (QED) is 0.672. The highest BCUT2D eigenvalue weighted by molar-refractivity contribution is 5.88. The molecule has 1 fully saturated rings. The van der Waals surface area contributed by atoms with Crippen LogP contribution in [0.4, 0.5) is 10.5 Å². The lowest BCUT2D eigenvalue weighted by Crippen LogP contribution is -2.41. The first kappa shape index (κ1) is 8.73. The van der Waals surface area contributed by atoms with Crippen molar-refractivity contribution in [2.75, 3.05) is 18.4 Å². The predicted octanol–water partition coefficient (Wildman–Crippen LogP) is 1.44. The molecule has 15 heavy (non-hydrogen) atoms. The van der Waals surface area contributed by atoms with E-state index in [1.54, 1.807) is 0 Å². The number of hydrogen-bond acceptors (Lipinski definition) is 3. The fourth-order valence-electron chi connectivity index (χ4n) is 2.34. The van der Waals surface area contributed by atoms with Gasteiger partial charge in [-0.2, -0.15) is 0 Å². The van der Waals surface area contributed by atoms with E-state index in [-0.39, 0.29) is 6.09 Å². The molecule has 2 N–H and O–H groups in total. The number of rotatable bonds is 0. The first-order valence-corrected chi connectivity index (χ1v) is 5.10. The molecule has 0 radical (unpaired) electrons. The van der Waals surface area contributed by atoms with Crippen molar-refractivity contribution < 1.29 is 9.53 Å². The second-order valence-electron chi connectivity index (χ2n) is 3.98. The summed E-state index contributed by atoms with van der Waals surface area (Å²) in [7, 11) is 0. The van der Waals surface area contributed by atoms with Crippen LogP contribution < -0.4 is 10.6 Å². The molecule has 1 atom stereocenters. The predicted molar refractivity (Wildman–Crippen MR) is 55.7 cm³/mol. The molecule has 0 saturated carbocycles. The van der Waals surface area contributed by atoms with E-state index in [9.17, 15) is 4.79 Å². The minimum Gasteiger partial charge on any atom is -0.436 e. The molecule has 4 nitrogen and oxygen atoms in total. The summed E-state index contributed by atoms with van der Waals surface area (Å²) < 4.78 is 5.45. The second-order valence-corrected chi connectivity index (χ2v) is 3.98. The van der Waals surface area contributed by atoms with Gasteiger partial charge in [0.25, 0.3) is 0 Å². The molecular formula is C11H12N2O2. The first-order chi connectivity index (χ1) is 7.30. The topological polar surface area (TPSA) is 50.4 Å². The number of para-hydroxylation sites is 1. The minimum absolute atomic E-state index is 0.350. The summed E-state index contributed by atoms with van der Waals surface area (Å²) in [6.45, 7) is 1.60. The van der Waals surface area contributed by atoms with Crippen molar-refractivity contribution in [1.82, 2.24) is 5.32 Å². The third kappa shape index (κ3) is 1.22. The van der Waals surface area contributed by atoms with Crippen LogP contribution in [0.15, 0.2) is 24.3 Å². The average molecular weight is 204 g/mol. The van der Waals surface area contributed by atoms with Crippen LogP contribution in [-0.2, 0) is 10.3 Å². The zero-order valence-corrected chi connectivity index (χ0v) is 8.25. The number of benzene rings is 1. The summed E-state index contributed by atoms with van der Waals surface area (Å²) in [5, 5.41) is 5.96. The number of nitrogens with one attached hydrogen (secondary N) is 2. The summed E-state index contributed by atoms with van der Waals surface area (Å²) in [6, 6.07) is 7.82. The van der Waals surface area contributed by atoms with E-state index in [1.807, 2.05) is 24.3 Å². The molecule has 1 spiro atoms. The largest absolute Gasteiger partial charge is 0.436 e. The molecule has 1 saturated heterocycles. The number of anilines is 1. The SMILES string of the molecule is O=C1Nc2ccccc2C2(CCNC2)O1. The molecule has 0 bridgehead atoms. The van der Waals surface area contributed by atoms with Gasteiger partial charge in [0.15, 0.2) is 5.60 Å². The molecule has 1 aromatic carbocycles. The van der Waals surface area contributed by atoms with Crippen LogP contribution in [0.1, 0.15) is 12.0 Å². The van der Waals surface area contributed by atoms with Gasteiger partial charge in [0.1, 0.15) is 0 Å². The highest BCUT2D eigenvalue weighted by atomic mass is 16.6. The van der Waals surface area contributed by atoms with Gasteiger partial charge in [-0.15, -0.1) is 0 Å². The van der Waals surface area contributed by atoms with Crippen molar-refractivity contribution in [3.8, 4) is 0 Å². The molecule has 4 heteroatoms. The van der Waals surface area contributed by atoms with Crippen LogP contribution in [0.3, 0.4) is 0 Å². The van der Waals surface area contributed by atoms with Crippen LogP contribution in [0, 0.1) is 0 Å². The summed E-state index contributed by atoms with van der Waals surface area (Å²) >= 11 is 0. The molecular weight excluding hydrogens is 192 g/mol. The standard InChI is InChI=1S/C11H12N2O2/c14-10-13-9-4-2-1-3-8(9)11(15-10)5-6-12-7-11/h1-4,12H,5-7H2,(H,13,14). The van der Waals surface area contributed by atoms with Gasteiger partial charge in [-0.05, 0) is 12.6 Å². The first-order valence-electron chi connectivity index (χ1n) is 5.10. The molecule has 2 aliphatic heterocycles. The van der Waals surface area contributed by atoms with Gasteiger partial charge in [0, 0.05) is 18.5 Å². The molecule has 0 aromatic heterocycles. The van der Waals surface area contributed by atoms with Gasteiger partial charge < -0.3 is 10.1 Å². The molecule has 1 amide bonds. The van der Waals surface area contributed by atoms with E-state index < -0.39 is 5.60 Å². The monoisotopic (exact) mass is 204 g/mol. The third-order valence-electron chi connectivity index (χ3n) is 3.06. The van der Waals surface area contributed by atoms with Crippen molar-refractivity contribution in [1.29, 1.82) is 0 Å². The Morgan fingerprint density at radius 3 is 3.00 bits per heavy atom. The van der Waals surface area contributed by atoms with Crippen LogP contribution in [0.25, 0.3) is 0 Å². The lowest BCUT2D eigenvalue weighted by molar-refractivity contribution is 0.0278. The van der Waals surface area contributed by atoms with Gasteiger partial charge in [0.2, 0.25) is 0 Å². The van der Waals surface area contributed by atoms with Crippen molar-refractivity contribution in [3.63, 3.8) is 0 Å². The highest BCUT2D eigenvalue weighted by Gasteiger charge is 2.44. The Balaban J connectivity index is 2.14.